The molecule has 2 aromatic rings. The Balaban J connectivity index is 1.68. The van der Waals surface area contributed by atoms with Gasteiger partial charge >= 0.3 is 5.97 Å². The van der Waals surface area contributed by atoms with E-state index in [-0.39, 0.29) is 12.5 Å². The van der Waals surface area contributed by atoms with E-state index < -0.39 is 11.6 Å². The molecule has 30 heavy (non-hydrogen) atoms. The van der Waals surface area contributed by atoms with Crippen LogP contribution >= 0.6 is 23.4 Å². The number of benzene rings is 2. The smallest absolute Gasteiger partial charge is 0.344 e. The topological polar surface area (TPSA) is 77.0 Å². The third kappa shape index (κ3) is 9.80. The summed E-state index contributed by atoms with van der Waals surface area (Å²) in [6.07, 6.45) is 1.89. The molecule has 0 bridgehead atoms. The third-order valence-corrected chi connectivity index (χ3v) is 4.74. The van der Waals surface area contributed by atoms with Crippen LogP contribution in [0.1, 0.15) is 32.8 Å². The molecule has 0 unspecified atom stereocenters. The number of carbonyl (C=O) groups excluding carboxylic acids is 2. The Labute approximate surface area is 186 Å². The predicted molar refractivity (Wildman–Crippen MR) is 120 cm³/mol. The monoisotopic (exact) mass is 448 g/mol. The second-order valence-corrected chi connectivity index (χ2v) is 8.89. The van der Waals surface area contributed by atoms with Gasteiger partial charge in [-0.05, 0) is 74.9 Å². The van der Waals surface area contributed by atoms with Crippen LogP contribution in [0.4, 0.5) is 0 Å². The van der Waals surface area contributed by atoms with Crippen LogP contribution in [0.5, 0.6) is 5.75 Å². The number of esters is 1. The second-order valence-electron chi connectivity index (χ2n) is 7.29. The molecule has 2 aromatic carbocycles. The van der Waals surface area contributed by atoms with Crippen LogP contribution in [0.3, 0.4) is 0 Å². The SMILES string of the molecule is CC(C)(C)OC(=O)COc1ccc(/C=N\NC(=O)CCSc2ccc(Cl)cc2)cc1. The molecule has 0 saturated heterocycles. The van der Waals surface area contributed by atoms with Crippen LogP contribution in [0.15, 0.2) is 58.5 Å². The van der Waals surface area contributed by atoms with E-state index in [9.17, 15) is 9.59 Å². The molecule has 6 nitrogen and oxygen atoms in total. The van der Waals surface area contributed by atoms with Gasteiger partial charge in [-0.25, -0.2) is 10.2 Å². The first-order valence-corrected chi connectivity index (χ1v) is 10.7. The number of halogens is 1. The van der Waals surface area contributed by atoms with E-state index in [1.807, 2.05) is 24.3 Å². The number of hydrazone groups is 1. The molecular formula is C22H25ClN2O4S. The molecule has 0 aromatic heterocycles. The molecule has 0 aliphatic carbocycles. The van der Waals surface area contributed by atoms with Gasteiger partial charge in [0, 0.05) is 22.1 Å². The maximum absolute atomic E-state index is 11.9. The van der Waals surface area contributed by atoms with Crippen molar-refractivity contribution in [1.82, 2.24) is 5.43 Å². The van der Waals surface area contributed by atoms with Crippen molar-refractivity contribution in [3.05, 3.63) is 59.1 Å². The number of hydrogen-bond donors (Lipinski definition) is 1. The highest BCUT2D eigenvalue weighted by atomic mass is 35.5. The normalized spacial score (nSPS) is 11.3. The third-order valence-electron chi connectivity index (χ3n) is 3.47. The van der Waals surface area contributed by atoms with E-state index in [1.165, 1.54) is 0 Å². The fraction of sp³-hybridized carbons (Fsp3) is 0.318. The van der Waals surface area contributed by atoms with Crippen LogP contribution in [0, 0.1) is 0 Å². The summed E-state index contributed by atoms with van der Waals surface area (Å²) in [5.41, 5.74) is 2.75. The number of carbonyl (C=O) groups is 2. The van der Waals surface area contributed by atoms with Gasteiger partial charge in [0.05, 0.1) is 6.21 Å². The zero-order valence-corrected chi connectivity index (χ0v) is 18.8. The standard InChI is InChI=1S/C22H25ClN2O4S/c1-22(2,3)29-21(27)15-28-18-8-4-16(5-9-18)14-24-25-20(26)12-13-30-19-10-6-17(23)7-11-19/h4-11,14H,12-13,15H2,1-3H3,(H,25,26)/b24-14-. The van der Waals surface area contributed by atoms with E-state index in [2.05, 4.69) is 10.5 Å². The molecule has 8 heteroatoms. The maximum atomic E-state index is 11.9. The van der Waals surface area contributed by atoms with Crippen molar-refractivity contribution < 1.29 is 19.1 Å². The van der Waals surface area contributed by atoms with Crippen molar-refractivity contribution in [2.24, 2.45) is 5.10 Å². The molecule has 1 N–H and O–H groups in total. The largest absolute Gasteiger partial charge is 0.482 e. The van der Waals surface area contributed by atoms with Crippen LogP contribution in [0.2, 0.25) is 5.02 Å². The van der Waals surface area contributed by atoms with Gasteiger partial charge in [0.2, 0.25) is 5.91 Å². The van der Waals surface area contributed by atoms with Gasteiger partial charge < -0.3 is 9.47 Å². The second kappa shape index (κ2) is 11.6. The minimum Gasteiger partial charge on any atom is -0.482 e. The Morgan fingerprint density at radius 1 is 1.10 bits per heavy atom. The quantitative estimate of drug-likeness (QED) is 0.260. The zero-order chi connectivity index (χ0) is 22.0. The lowest BCUT2D eigenvalue weighted by molar-refractivity contribution is -0.157. The van der Waals surface area contributed by atoms with Gasteiger partial charge in [-0.1, -0.05) is 11.6 Å². The van der Waals surface area contributed by atoms with Gasteiger partial charge in [-0.2, -0.15) is 5.10 Å². The number of ether oxygens (including phenoxy) is 2. The molecule has 0 atom stereocenters. The van der Waals surface area contributed by atoms with Crippen molar-refractivity contribution in [2.45, 2.75) is 37.7 Å². The lowest BCUT2D eigenvalue weighted by atomic mass is 10.2. The maximum Gasteiger partial charge on any atom is 0.344 e. The van der Waals surface area contributed by atoms with E-state index in [4.69, 9.17) is 21.1 Å². The summed E-state index contributed by atoms with van der Waals surface area (Å²) in [4.78, 5) is 24.6. The predicted octanol–water partition coefficient (Wildman–Crippen LogP) is 4.69. The molecule has 0 saturated carbocycles. The molecule has 0 aliphatic rings. The van der Waals surface area contributed by atoms with Gasteiger partial charge in [-0.15, -0.1) is 11.8 Å². The number of rotatable bonds is 9. The van der Waals surface area contributed by atoms with Crippen molar-refractivity contribution >= 4 is 41.5 Å². The van der Waals surface area contributed by atoms with E-state index in [1.54, 1.807) is 63.0 Å². The molecule has 0 radical (unpaired) electrons. The van der Waals surface area contributed by atoms with E-state index in [0.29, 0.717) is 22.9 Å². The highest BCUT2D eigenvalue weighted by Gasteiger charge is 2.16. The Kier molecular flexibility index (Phi) is 9.20. The molecule has 0 heterocycles. The van der Waals surface area contributed by atoms with Crippen molar-refractivity contribution in [3.63, 3.8) is 0 Å². The summed E-state index contributed by atoms with van der Waals surface area (Å²) in [7, 11) is 0. The fourth-order valence-electron chi connectivity index (χ4n) is 2.19. The number of nitrogens with zero attached hydrogens (tertiary/aromatic N) is 1. The first-order chi connectivity index (χ1) is 14.2. The highest BCUT2D eigenvalue weighted by Crippen LogP contribution is 2.20. The minimum atomic E-state index is -0.542. The molecule has 0 fully saturated rings. The van der Waals surface area contributed by atoms with Gasteiger partial charge in [0.15, 0.2) is 6.61 Å². The first kappa shape index (κ1) is 23.8. The molecule has 0 aliphatic heterocycles. The summed E-state index contributed by atoms with van der Waals surface area (Å²) >= 11 is 7.43. The highest BCUT2D eigenvalue weighted by molar-refractivity contribution is 7.99. The average molecular weight is 449 g/mol. The Morgan fingerprint density at radius 3 is 2.40 bits per heavy atom. The van der Waals surface area contributed by atoms with Gasteiger partial charge in [0.1, 0.15) is 11.4 Å². The average Bonchev–Trinajstić information content (AvgIpc) is 2.68. The number of hydrogen-bond acceptors (Lipinski definition) is 6. The molecular weight excluding hydrogens is 424 g/mol. The summed E-state index contributed by atoms with van der Waals surface area (Å²) in [6, 6.07) is 14.5. The summed E-state index contributed by atoms with van der Waals surface area (Å²) in [5.74, 6) is 0.600. The van der Waals surface area contributed by atoms with Crippen LogP contribution in [-0.4, -0.2) is 36.1 Å². The fourth-order valence-corrected chi connectivity index (χ4v) is 3.17. The van der Waals surface area contributed by atoms with Gasteiger partial charge in [-0.3, -0.25) is 4.79 Å². The van der Waals surface area contributed by atoms with Crippen LogP contribution in [-0.2, 0) is 14.3 Å². The summed E-state index contributed by atoms with van der Waals surface area (Å²) < 4.78 is 10.6. The number of amides is 1. The van der Waals surface area contributed by atoms with E-state index in [0.717, 1.165) is 10.5 Å². The van der Waals surface area contributed by atoms with E-state index >= 15 is 0 Å². The zero-order valence-electron chi connectivity index (χ0n) is 17.2. The van der Waals surface area contributed by atoms with Crippen molar-refractivity contribution in [2.75, 3.05) is 12.4 Å². The lowest BCUT2D eigenvalue weighted by Crippen LogP contribution is -2.27. The lowest BCUT2D eigenvalue weighted by Gasteiger charge is -2.19. The van der Waals surface area contributed by atoms with Crippen molar-refractivity contribution in [1.29, 1.82) is 0 Å². The Bertz CT molecular complexity index is 862. The number of thioether (sulfide) groups is 1. The Morgan fingerprint density at radius 2 is 1.77 bits per heavy atom. The van der Waals surface area contributed by atoms with Gasteiger partial charge in [0.25, 0.3) is 0 Å². The van der Waals surface area contributed by atoms with Crippen molar-refractivity contribution in [3.8, 4) is 5.75 Å². The molecule has 0 spiro atoms. The first-order valence-electron chi connectivity index (χ1n) is 9.36. The molecule has 1 amide bonds. The number of nitrogens with one attached hydrogen (secondary N) is 1. The van der Waals surface area contributed by atoms with Crippen LogP contribution in [0.25, 0.3) is 0 Å². The minimum absolute atomic E-state index is 0.158. The van der Waals surface area contributed by atoms with Crippen LogP contribution < -0.4 is 10.2 Å². The molecule has 160 valence electrons. The Hall–Kier alpha value is -2.51. The summed E-state index contributed by atoms with van der Waals surface area (Å²) in [6.45, 7) is 5.25. The summed E-state index contributed by atoms with van der Waals surface area (Å²) in [5, 5.41) is 4.65. The molecule has 2 rings (SSSR count).